The van der Waals surface area contributed by atoms with Crippen LogP contribution in [0.2, 0.25) is 0 Å². The molecule has 0 saturated heterocycles. The summed E-state index contributed by atoms with van der Waals surface area (Å²) in [6.45, 7) is 0.528. The number of fused-ring (bicyclic) bond motifs is 4. The van der Waals surface area contributed by atoms with Gasteiger partial charge in [-0.2, -0.15) is 4.68 Å². The molecule has 0 bridgehead atoms. The fourth-order valence-electron chi connectivity index (χ4n) is 6.11. The van der Waals surface area contributed by atoms with Crippen LogP contribution in [0.1, 0.15) is 57.5 Å². The fourth-order valence-corrected chi connectivity index (χ4v) is 6.11. The van der Waals surface area contributed by atoms with Crippen LogP contribution in [0, 0.1) is 0 Å². The predicted molar refractivity (Wildman–Crippen MR) is 176 cm³/mol. The Morgan fingerprint density at radius 1 is 0.733 bits per heavy atom. The maximum absolute atomic E-state index is 13.3. The second-order valence-corrected chi connectivity index (χ2v) is 11.2. The van der Waals surface area contributed by atoms with Crippen molar-refractivity contribution in [3.05, 3.63) is 144 Å². The highest BCUT2D eigenvalue weighted by molar-refractivity contribution is 6.09. The van der Waals surface area contributed by atoms with E-state index >= 15 is 0 Å². The van der Waals surface area contributed by atoms with E-state index in [1.807, 2.05) is 91.0 Å². The van der Waals surface area contributed by atoms with Crippen molar-refractivity contribution in [2.24, 2.45) is 0 Å². The van der Waals surface area contributed by atoms with E-state index < -0.39 is 5.60 Å². The lowest BCUT2D eigenvalue weighted by molar-refractivity contribution is 0.0884. The lowest BCUT2D eigenvalue weighted by atomic mass is 9.83. The lowest BCUT2D eigenvalue weighted by Gasteiger charge is -2.36. The van der Waals surface area contributed by atoms with Crippen molar-refractivity contribution in [2.75, 3.05) is 6.54 Å². The zero-order chi connectivity index (χ0) is 30.6. The van der Waals surface area contributed by atoms with E-state index in [2.05, 4.69) is 52.0 Å². The first-order valence-corrected chi connectivity index (χ1v) is 15.3. The summed E-state index contributed by atoms with van der Waals surface area (Å²) in [6.07, 6.45) is 6.90. The molecule has 0 saturated carbocycles. The molecular weight excluding hydrogens is 560 g/mol. The molecule has 0 radical (unpaired) electrons. The van der Waals surface area contributed by atoms with Crippen LogP contribution in [-0.4, -0.2) is 33.4 Å². The van der Waals surface area contributed by atoms with Crippen LogP contribution in [0.25, 0.3) is 27.9 Å². The average Bonchev–Trinajstić information content (AvgIpc) is 3.54. The highest BCUT2D eigenvalue weighted by Crippen LogP contribution is 2.44. The number of hydrogen-bond acceptors (Lipinski definition) is 5. The van der Waals surface area contributed by atoms with Gasteiger partial charge in [0.2, 0.25) is 5.91 Å². The summed E-state index contributed by atoms with van der Waals surface area (Å²) in [4.78, 5) is 25.9. The zero-order valence-electron chi connectivity index (χ0n) is 24.7. The molecule has 7 heteroatoms. The summed E-state index contributed by atoms with van der Waals surface area (Å²) in [5, 5.41) is 13.0. The van der Waals surface area contributed by atoms with Crippen LogP contribution in [0.3, 0.4) is 0 Å². The topological polar surface area (TPSA) is 86.1 Å². The molecule has 45 heavy (non-hydrogen) atoms. The number of carbonyl (C=O) groups excluding carboxylic acids is 2. The highest BCUT2D eigenvalue weighted by atomic mass is 16.5. The highest BCUT2D eigenvalue weighted by Gasteiger charge is 2.37. The monoisotopic (exact) mass is 592 g/mol. The maximum Gasteiger partial charge on any atom is 0.251 e. The summed E-state index contributed by atoms with van der Waals surface area (Å²) in [6, 6.07) is 37.6. The Hall–Kier alpha value is -5.56. The van der Waals surface area contributed by atoms with Gasteiger partial charge >= 0.3 is 0 Å². The van der Waals surface area contributed by atoms with Gasteiger partial charge in [-0.05, 0) is 66.1 Å². The smallest absolute Gasteiger partial charge is 0.251 e. The van der Waals surface area contributed by atoms with E-state index in [1.165, 1.54) is 4.68 Å². The summed E-state index contributed by atoms with van der Waals surface area (Å²) in [5.41, 5.74) is 4.34. The first-order chi connectivity index (χ1) is 22.1. The molecule has 0 fully saturated rings. The minimum Gasteiger partial charge on any atom is -0.473 e. The largest absolute Gasteiger partial charge is 0.473 e. The number of aromatic nitrogens is 3. The van der Waals surface area contributed by atoms with Gasteiger partial charge in [0.1, 0.15) is 11.3 Å². The van der Waals surface area contributed by atoms with Crippen molar-refractivity contribution in [1.29, 1.82) is 0 Å². The Bertz CT molecular complexity index is 1990. The van der Waals surface area contributed by atoms with Crippen LogP contribution in [0.4, 0.5) is 0 Å². The fraction of sp³-hybridized carbons (Fsp3) is 0.158. The van der Waals surface area contributed by atoms with Gasteiger partial charge in [0.15, 0.2) is 5.60 Å². The Balaban J connectivity index is 1.02. The van der Waals surface area contributed by atoms with E-state index in [1.54, 1.807) is 0 Å². The molecule has 0 atom stereocenters. The minimum atomic E-state index is -0.758. The number of rotatable bonds is 9. The molecule has 0 aliphatic carbocycles. The van der Waals surface area contributed by atoms with Crippen molar-refractivity contribution in [3.8, 4) is 5.75 Å². The molecule has 0 spiro atoms. The van der Waals surface area contributed by atoms with Gasteiger partial charge in [-0.15, -0.1) is 5.10 Å². The molecule has 1 aromatic heterocycles. The van der Waals surface area contributed by atoms with Crippen LogP contribution in [-0.2, 0) is 5.60 Å². The first kappa shape index (κ1) is 28.2. The van der Waals surface area contributed by atoms with E-state index in [9.17, 15) is 9.59 Å². The molecule has 0 unspecified atom stereocenters. The van der Waals surface area contributed by atoms with Crippen LogP contribution < -0.4 is 10.1 Å². The van der Waals surface area contributed by atoms with Gasteiger partial charge in [-0.3, -0.25) is 9.59 Å². The van der Waals surface area contributed by atoms with Gasteiger partial charge in [0.05, 0.1) is 5.52 Å². The molecule has 2 heterocycles. The third-order valence-corrected chi connectivity index (χ3v) is 8.41. The SMILES string of the molecule is O=C(NCCCCCC(=O)n1nnc2ccccc21)c1cccc2c3c(ccc12)OC(c1ccccc1)(c1ccccc1)C=C3. The number of amides is 1. The molecule has 7 nitrogen and oxygen atoms in total. The maximum atomic E-state index is 13.3. The Morgan fingerprint density at radius 2 is 1.47 bits per heavy atom. The third-order valence-electron chi connectivity index (χ3n) is 8.41. The van der Waals surface area contributed by atoms with Crippen LogP contribution >= 0.6 is 0 Å². The normalized spacial score (nSPS) is 13.3. The van der Waals surface area contributed by atoms with Crippen molar-refractivity contribution >= 4 is 39.7 Å². The first-order valence-electron chi connectivity index (χ1n) is 15.3. The Labute approximate surface area is 261 Å². The zero-order valence-corrected chi connectivity index (χ0v) is 24.7. The number of para-hydroxylation sites is 1. The van der Waals surface area contributed by atoms with Crippen molar-refractivity contribution in [2.45, 2.75) is 31.3 Å². The van der Waals surface area contributed by atoms with Crippen molar-refractivity contribution < 1.29 is 14.3 Å². The molecular formula is C38H32N4O3. The number of nitrogens with one attached hydrogen (secondary N) is 1. The van der Waals surface area contributed by atoms with E-state index in [4.69, 9.17) is 4.74 Å². The quantitative estimate of drug-likeness (QED) is 0.175. The second kappa shape index (κ2) is 12.2. The standard InChI is InChI=1S/C38H32N4O3/c43-36(42-34-20-10-9-19-33(34)40-41-42)21-8-3-11-26-39-37(44)32-18-12-17-29-30(32)22-23-35-31(29)24-25-38(45-35,27-13-4-1-5-14-27)28-15-6-2-7-16-28/h1-2,4-7,9-10,12-20,22-25H,3,8,11,21,26H2,(H,39,44). The van der Waals surface area contributed by atoms with E-state index in [-0.39, 0.29) is 11.8 Å². The van der Waals surface area contributed by atoms with Crippen LogP contribution in [0.15, 0.2) is 121 Å². The van der Waals surface area contributed by atoms with E-state index in [0.29, 0.717) is 30.5 Å². The van der Waals surface area contributed by atoms with Gasteiger partial charge in [-0.1, -0.05) is 96.6 Å². The lowest BCUT2D eigenvalue weighted by Crippen LogP contribution is -2.34. The Kier molecular flexibility index (Phi) is 7.66. The second-order valence-electron chi connectivity index (χ2n) is 11.2. The number of nitrogens with zero attached hydrogens (tertiary/aromatic N) is 3. The third kappa shape index (κ3) is 5.38. The summed E-state index contributed by atoms with van der Waals surface area (Å²) in [7, 11) is 0. The number of benzene rings is 5. The molecule has 1 aliphatic rings. The molecule has 222 valence electrons. The average molecular weight is 593 g/mol. The van der Waals surface area contributed by atoms with Gasteiger partial charge in [0.25, 0.3) is 5.91 Å². The van der Waals surface area contributed by atoms with Gasteiger partial charge < -0.3 is 10.1 Å². The molecule has 7 rings (SSSR count). The number of unbranched alkanes of at least 4 members (excludes halogenated alkanes) is 2. The van der Waals surface area contributed by atoms with Crippen molar-refractivity contribution in [3.63, 3.8) is 0 Å². The summed E-state index contributed by atoms with van der Waals surface area (Å²) in [5.74, 6) is 0.577. The summed E-state index contributed by atoms with van der Waals surface area (Å²) < 4.78 is 8.22. The number of ether oxygens (including phenoxy) is 1. The van der Waals surface area contributed by atoms with Gasteiger partial charge in [0, 0.05) is 35.2 Å². The number of hydrogen-bond donors (Lipinski definition) is 1. The Morgan fingerprint density at radius 3 is 2.24 bits per heavy atom. The summed E-state index contributed by atoms with van der Waals surface area (Å²) >= 11 is 0. The molecule has 6 aromatic rings. The van der Waals surface area contributed by atoms with Crippen molar-refractivity contribution in [1.82, 2.24) is 20.3 Å². The minimum absolute atomic E-state index is 0.0744. The molecule has 5 aromatic carbocycles. The van der Waals surface area contributed by atoms with Gasteiger partial charge in [-0.25, -0.2) is 0 Å². The number of carbonyl (C=O) groups is 2. The predicted octanol–water partition coefficient (Wildman–Crippen LogP) is 7.56. The molecule has 1 N–H and O–H groups in total. The van der Waals surface area contributed by atoms with E-state index in [0.717, 1.165) is 51.6 Å². The molecule has 1 aliphatic heterocycles. The molecule has 1 amide bonds. The van der Waals surface area contributed by atoms with Crippen LogP contribution in [0.5, 0.6) is 5.75 Å².